The van der Waals surface area contributed by atoms with Crippen LogP contribution in [0.2, 0.25) is 5.02 Å². The number of hydrogen-bond acceptors (Lipinski definition) is 5. The molecule has 0 radical (unpaired) electrons. The van der Waals surface area contributed by atoms with Gasteiger partial charge in [0, 0.05) is 55.7 Å². The summed E-state index contributed by atoms with van der Waals surface area (Å²) in [7, 11) is 0. The van der Waals surface area contributed by atoms with Crippen molar-refractivity contribution in [2.24, 2.45) is 0 Å². The lowest BCUT2D eigenvalue weighted by Gasteiger charge is -2.43. The van der Waals surface area contributed by atoms with Crippen molar-refractivity contribution >= 4 is 28.6 Å². The number of halogens is 1. The van der Waals surface area contributed by atoms with Crippen LogP contribution < -0.4 is 0 Å². The van der Waals surface area contributed by atoms with E-state index in [0.29, 0.717) is 12.6 Å². The third kappa shape index (κ3) is 5.00. The van der Waals surface area contributed by atoms with Gasteiger partial charge in [0.1, 0.15) is 0 Å². The Balaban J connectivity index is 1.33. The van der Waals surface area contributed by atoms with Gasteiger partial charge in [-0.25, -0.2) is 4.79 Å². The quantitative estimate of drug-likeness (QED) is 0.761. The van der Waals surface area contributed by atoms with Crippen molar-refractivity contribution in [3.8, 4) is 0 Å². The lowest BCUT2D eigenvalue weighted by atomic mass is 10.0. The maximum Gasteiger partial charge on any atom is 0.409 e. The number of carbonyl (C=O) groups is 1. The second kappa shape index (κ2) is 9.28. The van der Waals surface area contributed by atoms with Gasteiger partial charge in [0.2, 0.25) is 0 Å². The Hall–Kier alpha value is -1.89. The van der Waals surface area contributed by atoms with E-state index in [2.05, 4.69) is 21.9 Å². The molecule has 3 heterocycles. The molecule has 7 heteroatoms. The van der Waals surface area contributed by atoms with Gasteiger partial charge in [0.15, 0.2) is 0 Å². The Labute approximate surface area is 177 Å². The number of rotatable bonds is 4. The fraction of sp³-hybridized carbons (Fsp3) is 0.545. The van der Waals surface area contributed by atoms with Crippen LogP contribution in [-0.2, 0) is 11.3 Å². The molecule has 0 spiro atoms. The fourth-order valence-electron chi connectivity index (χ4n) is 4.41. The second-order valence-corrected chi connectivity index (χ2v) is 8.33. The van der Waals surface area contributed by atoms with Crippen molar-refractivity contribution in [1.29, 1.82) is 0 Å². The average Bonchev–Trinajstić information content (AvgIpc) is 2.74. The highest BCUT2D eigenvalue weighted by atomic mass is 35.5. The van der Waals surface area contributed by atoms with E-state index in [9.17, 15) is 4.79 Å². The molecule has 2 fully saturated rings. The molecule has 1 amide bonds. The van der Waals surface area contributed by atoms with Crippen LogP contribution in [0.5, 0.6) is 0 Å². The minimum atomic E-state index is -0.180. The topological polar surface area (TPSA) is 48.9 Å². The van der Waals surface area contributed by atoms with Crippen LogP contribution in [0.3, 0.4) is 0 Å². The smallest absolute Gasteiger partial charge is 0.409 e. The summed E-state index contributed by atoms with van der Waals surface area (Å²) in [4.78, 5) is 23.6. The number of amides is 1. The Morgan fingerprint density at radius 3 is 2.79 bits per heavy atom. The first-order chi connectivity index (χ1) is 14.1. The summed E-state index contributed by atoms with van der Waals surface area (Å²) in [5, 5.41) is 1.83. The molecule has 1 aromatic heterocycles. The molecule has 156 valence electrons. The van der Waals surface area contributed by atoms with Crippen molar-refractivity contribution in [2.75, 3.05) is 45.9 Å². The maximum absolute atomic E-state index is 11.9. The van der Waals surface area contributed by atoms with Crippen molar-refractivity contribution in [1.82, 2.24) is 19.7 Å². The SMILES string of the molecule is CCOC(=O)N1CCN(C2CCCN(Cc3ccc4cc(Cl)ccc4n3)C2)CC1. The van der Waals surface area contributed by atoms with Crippen LogP contribution in [0.4, 0.5) is 4.79 Å². The number of carbonyl (C=O) groups excluding carboxylic acids is 1. The monoisotopic (exact) mass is 416 g/mol. The number of piperidine rings is 1. The Bertz CT molecular complexity index is 854. The number of likely N-dealkylation sites (tertiary alicyclic amines) is 1. The Morgan fingerprint density at radius 1 is 1.17 bits per heavy atom. The average molecular weight is 417 g/mol. The van der Waals surface area contributed by atoms with Crippen molar-refractivity contribution < 1.29 is 9.53 Å². The number of piperazine rings is 1. The first kappa shape index (κ1) is 20.4. The van der Waals surface area contributed by atoms with Crippen LogP contribution in [-0.4, -0.2) is 77.7 Å². The Kier molecular flexibility index (Phi) is 6.53. The van der Waals surface area contributed by atoms with Gasteiger partial charge in [-0.05, 0) is 50.6 Å². The largest absolute Gasteiger partial charge is 0.450 e. The van der Waals surface area contributed by atoms with Crippen LogP contribution in [0.25, 0.3) is 10.9 Å². The molecular formula is C22H29ClN4O2. The van der Waals surface area contributed by atoms with E-state index in [1.54, 1.807) is 0 Å². The van der Waals surface area contributed by atoms with E-state index in [4.69, 9.17) is 21.3 Å². The van der Waals surface area contributed by atoms with Gasteiger partial charge in [0.25, 0.3) is 0 Å². The van der Waals surface area contributed by atoms with E-state index >= 15 is 0 Å². The molecule has 0 saturated carbocycles. The zero-order valence-electron chi connectivity index (χ0n) is 17.0. The summed E-state index contributed by atoms with van der Waals surface area (Å²) >= 11 is 6.08. The highest BCUT2D eigenvalue weighted by Crippen LogP contribution is 2.22. The van der Waals surface area contributed by atoms with Gasteiger partial charge < -0.3 is 9.64 Å². The highest BCUT2D eigenvalue weighted by Gasteiger charge is 2.29. The molecule has 2 saturated heterocycles. The first-order valence-corrected chi connectivity index (χ1v) is 10.9. The zero-order valence-corrected chi connectivity index (χ0v) is 17.8. The molecule has 2 aliphatic rings. The highest BCUT2D eigenvalue weighted by molar-refractivity contribution is 6.31. The van der Waals surface area contributed by atoms with Gasteiger partial charge in [-0.2, -0.15) is 0 Å². The van der Waals surface area contributed by atoms with E-state index in [1.165, 1.54) is 12.8 Å². The molecular weight excluding hydrogens is 388 g/mol. The summed E-state index contributed by atoms with van der Waals surface area (Å²) in [6, 6.07) is 10.6. The molecule has 1 atom stereocenters. The van der Waals surface area contributed by atoms with E-state index in [1.807, 2.05) is 30.0 Å². The summed E-state index contributed by atoms with van der Waals surface area (Å²) in [6.45, 7) is 8.68. The second-order valence-electron chi connectivity index (χ2n) is 7.89. The lowest BCUT2D eigenvalue weighted by Crippen LogP contribution is -2.55. The minimum absolute atomic E-state index is 0.180. The molecule has 6 nitrogen and oxygen atoms in total. The van der Waals surface area contributed by atoms with Crippen LogP contribution in [0.15, 0.2) is 30.3 Å². The normalized spacial score (nSPS) is 21.4. The predicted octanol–water partition coefficient (Wildman–Crippen LogP) is 3.63. The molecule has 2 aromatic rings. The first-order valence-electron chi connectivity index (χ1n) is 10.6. The number of fused-ring (bicyclic) bond motifs is 1. The molecule has 0 aliphatic carbocycles. The minimum Gasteiger partial charge on any atom is -0.450 e. The van der Waals surface area contributed by atoms with Gasteiger partial charge in [-0.3, -0.25) is 14.8 Å². The molecule has 29 heavy (non-hydrogen) atoms. The van der Waals surface area contributed by atoms with Crippen molar-refractivity contribution in [3.05, 3.63) is 41.0 Å². The molecule has 0 bridgehead atoms. The maximum atomic E-state index is 11.9. The van der Waals surface area contributed by atoms with Crippen molar-refractivity contribution in [3.63, 3.8) is 0 Å². The molecule has 1 aromatic carbocycles. The number of benzene rings is 1. The van der Waals surface area contributed by atoms with Gasteiger partial charge in [-0.15, -0.1) is 0 Å². The number of hydrogen-bond donors (Lipinski definition) is 0. The number of nitrogens with zero attached hydrogens (tertiary/aromatic N) is 4. The van der Waals surface area contributed by atoms with E-state index in [-0.39, 0.29) is 6.09 Å². The number of aromatic nitrogens is 1. The summed E-state index contributed by atoms with van der Waals surface area (Å²) in [5.41, 5.74) is 2.10. The lowest BCUT2D eigenvalue weighted by molar-refractivity contribution is 0.0410. The van der Waals surface area contributed by atoms with Crippen molar-refractivity contribution in [2.45, 2.75) is 32.4 Å². The van der Waals surface area contributed by atoms with Gasteiger partial charge in [-0.1, -0.05) is 17.7 Å². The van der Waals surface area contributed by atoms with E-state index in [0.717, 1.165) is 67.4 Å². The molecule has 4 rings (SSSR count). The summed E-state index contributed by atoms with van der Waals surface area (Å²) in [5.74, 6) is 0. The van der Waals surface area contributed by atoms with E-state index < -0.39 is 0 Å². The van der Waals surface area contributed by atoms with Crippen LogP contribution in [0.1, 0.15) is 25.5 Å². The third-order valence-corrected chi connectivity index (χ3v) is 6.17. The van der Waals surface area contributed by atoms with Gasteiger partial charge in [0.05, 0.1) is 17.8 Å². The number of pyridine rings is 1. The molecule has 2 aliphatic heterocycles. The standard InChI is InChI=1S/C22H29ClN4O2/c1-2-29-22(28)27-12-10-26(11-13-27)20-4-3-9-25(16-20)15-19-7-5-17-14-18(23)6-8-21(17)24-19/h5-8,14,20H,2-4,9-13,15-16H2,1H3. The van der Waals surface area contributed by atoms with Gasteiger partial charge >= 0.3 is 6.09 Å². The van der Waals surface area contributed by atoms with Crippen LogP contribution in [0, 0.1) is 0 Å². The molecule has 1 unspecified atom stereocenters. The molecule has 0 N–H and O–H groups in total. The zero-order chi connectivity index (χ0) is 20.2. The number of ether oxygens (including phenoxy) is 1. The fourth-order valence-corrected chi connectivity index (χ4v) is 4.59. The predicted molar refractivity (Wildman–Crippen MR) is 115 cm³/mol. The van der Waals surface area contributed by atoms with Crippen LogP contribution >= 0.6 is 11.6 Å². The third-order valence-electron chi connectivity index (χ3n) is 5.93. The summed E-state index contributed by atoms with van der Waals surface area (Å²) < 4.78 is 5.13. The summed E-state index contributed by atoms with van der Waals surface area (Å²) in [6.07, 6.45) is 2.24. The Morgan fingerprint density at radius 2 is 2.00 bits per heavy atom.